The van der Waals surface area contributed by atoms with Crippen molar-refractivity contribution in [2.75, 3.05) is 19.0 Å². The average Bonchev–Trinajstić information content (AvgIpc) is 2.98. The summed E-state index contributed by atoms with van der Waals surface area (Å²) in [6.07, 6.45) is 1.22. The van der Waals surface area contributed by atoms with Crippen LogP contribution >= 0.6 is 11.3 Å². The highest BCUT2D eigenvalue weighted by Gasteiger charge is 2.25. The average molecular weight is 255 g/mol. The summed E-state index contributed by atoms with van der Waals surface area (Å²) in [4.78, 5) is 23.6. The zero-order valence-electron chi connectivity index (χ0n) is 9.39. The molecule has 1 atom stereocenters. The van der Waals surface area contributed by atoms with Crippen LogP contribution in [-0.4, -0.2) is 31.7 Å². The molecule has 1 amide bonds. The highest BCUT2D eigenvalue weighted by Crippen LogP contribution is 2.24. The molecule has 0 aromatic carbocycles. The van der Waals surface area contributed by atoms with Crippen molar-refractivity contribution < 1.29 is 19.1 Å². The van der Waals surface area contributed by atoms with Crippen LogP contribution in [0.4, 0.5) is 5.69 Å². The smallest absolute Gasteiger partial charge is 0.350 e. The molecule has 5 nitrogen and oxygen atoms in total. The molecule has 1 aromatic rings. The zero-order valence-corrected chi connectivity index (χ0v) is 10.2. The van der Waals surface area contributed by atoms with Gasteiger partial charge in [-0.1, -0.05) is 0 Å². The Bertz CT molecular complexity index is 423. The number of carbonyl (C=O) groups is 2. The van der Waals surface area contributed by atoms with Gasteiger partial charge in [-0.15, -0.1) is 11.3 Å². The number of rotatable bonds is 3. The molecular formula is C11H13NO4S. The lowest BCUT2D eigenvalue weighted by atomic mass is 10.2. The van der Waals surface area contributed by atoms with Gasteiger partial charge in [0.25, 0.3) is 5.91 Å². The molecule has 0 radical (unpaired) electrons. The van der Waals surface area contributed by atoms with Crippen LogP contribution in [-0.2, 0) is 14.3 Å². The SMILES string of the molecule is COC(=O)c1sccc1NC(=O)[C@@H]1CCCO1. The number of thiophene rings is 1. The van der Waals surface area contributed by atoms with E-state index in [1.165, 1.54) is 18.4 Å². The second-order valence-corrected chi connectivity index (χ2v) is 4.56. The maximum absolute atomic E-state index is 11.8. The monoisotopic (exact) mass is 255 g/mol. The fourth-order valence-electron chi connectivity index (χ4n) is 1.66. The van der Waals surface area contributed by atoms with Gasteiger partial charge in [0.2, 0.25) is 0 Å². The molecule has 17 heavy (non-hydrogen) atoms. The molecule has 92 valence electrons. The molecule has 0 saturated carbocycles. The Balaban J connectivity index is 2.05. The summed E-state index contributed by atoms with van der Waals surface area (Å²) in [5.74, 6) is -0.645. The van der Waals surface area contributed by atoms with E-state index in [-0.39, 0.29) is 5.91 Å². The first-order valence-corrected chi connectivity index (χ1v) is 6.18. The summed E-state index contributed by atoms with van der Waals surface area (Å²) in [6, 6.07) is 1.68. The maximum atomic E-state index is 11.8. The number of esters is 1. The summed E-state index contributed by atoms with van der Waals surface area (Å²) in [5, 5.41) is 4.43. The lowest BCUT2D eigenvalue weighted by molar-refractivity contribution is -0.124. The Morgan fingerprint density at radius 2 is 2.41 bits per heavy atom. The number of nitrogens with one attached hydrogen (secondary N) is 1. The molecule has 1 saturated heterocycles. The minimum absolute atomic E-state index is 0.203. The van der Waals surface area contributed by atoms with Gasteiger partial charge in [-0.2, -0.15) is 0 Å². The molecule has 2 rings (SSSR count). The quantitative estimate of drug-likeness (QED) is 0.834. The van der Waals surface area contributed by atoms with Crippen molar-refractivity contribution in [3.63, 3.8) is 0 Å². The maximum Gasteiger partial charge on any atom is 0.350 e. The van der Waals surface area contributed by atoms with Gasteiger partial charge in [0.15, 0.2) is 0 Å². The largest absolute Gasteiger partial charge is 0.465 e. The van der Waals surface area contributed by atoms with Gasteiger partial charge in [0, 0.05) is 6.61 Å². The predicted molar refractivity (Wildman–Crippen MR) is 63.3 cm³/mol. The van der Waals surface area contributed by atoms with E-state index < -0.39 is 12.1 Å². The summed E-state index contributed by atoms with van der Waals surface area (Å²) in [5.41, 5.74) is 0.488. The van der Waals surface area contributed by atoms with E-state index in [2.05, 4.69) is 10.1 Å². The minimum Gasteiger partial charge on any atom is -0.465 e. The molecule has 1 aromatic heterocycles. The summed E-state index contributed by atoms with van der Waals surface area (Å²) in [6.45, 7) is 0.617. The van der Waals surface area contributed by atoms with Gasteiger partial charge in [-0.05, 0) is 24.3 Å². The van der Waals surface area contributed by atoms with Crippen LogP contribution in [0.1, 0.15) is 22.5 Å². The molecule has 1 N–H and O–H groups in total. The normalized spacial score (nSPS) is 19.0. The summed E-state index contributed by atoms with van der Waals surface area (Å²) < 4.78 is 9.90. The van der Waals surface area contributed by atoms with Crippen LogP contribution in [0.15, 0.2) is 11.4 Å². The van der Waals surface area contributed by atoms with Crippen molar-refractivity contribution in [3.8, 4) is 0 Å². The van der Waals surface area contributed by atoms with Crippen molar-refractivity contribution in [2.24, 2.45) is 0 Å². The Kier molecular flexibility index (Phi) is 3.75. The first-order valence-electron chi connectivity index (χ1n) is 5.30. The molecule has 1 aliphatic rings. The van der Waals surface area contributed by atoms with Gasteiger partial charge < -0.3 is 14.8 Å². The van der Waals surface area contributed by atoms with Crippen LogP contribution in [0.25, 0.3) is 0 Å². The number of hydrogen-bond acceptors (Lipinski definition) is 5. The van der Waals surface area contributed by atoms with E-state index in [0.29, 0.717) is 17.2 Å². The lowest BCUT2D eigenvalue weighted by Gasteiger charge is -2.10. The van der Waals surface area contributed by atoms with Crippen LogP contribution in [0.5, 0.6) is 0 Å². The van der Waals surface area contributed by atoms with Gasteiger partial charge in [-0.3, -0.25) is 4.79 Å². The number of carbonyl (C=O) groups excluding carboxylic acids is 2. The number of ether oxygens (including phenoxy) is 2. The zero-order chi connectivity index (χ0) is 12.3. The first kappa shape index (κ1) is 12.1. The molecular weight excluding hydrogens is 242 g/mol. The second kappa shape index (κ2) is 5.29. The van der Waals surface area contributed by atoms with Crippen molar-refractivity contribution in [2.45, 2.75) is 18.9 Å². The van der Waals surface area contributed by atoms with Crippen LogP contribution in [0.2, 0.25) is 0 Å². The van der Waals surface area contributed by atoms with E-state index in [1.54, 1.807) is 11.4 Å². The predicted octanol–water partition coefficient (Wildman–Crippen LogP) is 1.65. The van der Waals surface area contributed by atoms with Crippen molar-refractivity contribution in [3.05, 3.63) is 16.3 Å². The van der Waals surface area contributed by atoms with Crippen LogP contribution in [0, 0.1) is 0 Å². The number of anilines is 1. The van der Waals surface area contributed by atoms with E-state index in [9.17, 15) is 9.59 Å². The van der Waals surface area contributed by atoms with Crippen LogP contribution < -0.4 is 5.32 Å². The van der Waals surface area contributed by atoms with Crippen molar-refractivity contribution in [1.29, 1.82) is 0 Å². The number of hydrogen-bond donors (Lipinski definition) is 1. The highest BCUT2D eigenvalue weighted by molar-refractivity contribution is 7.12. The van der Waals surface area contributed by atoms with Gasteiger partial charge >= 0.3 is 5.97 Å². The van der Waals surface area contributed by atoms with E-state index >= 15 is 0 Å². The molecule has 0 aliphatic carbocycles. The summed E-state index contributed by atoms with van der Waals surface area (Å²) in [7, 11) is 1.31. The Labute approximate surface area is 103 Å². The van der Waals surface area contributed by atoms with E-state index in [1.807, 2.05) is 0 Å². The first-order chi connectivity index (χ1) is 8.22. The molecule has 1 fully saturated rings. The van der Waals surface area contributed by atoms with Gasteiger partial charge in [0.1, 0.15) is 11.0 Å². The summed E-state index contributed by atoms with van der Waals surface area (Å²) >= 11 is 1.24. The number of methoxy groups -OCH3 is 1. The van der Waals surface area contributed by atoms with Gasteiger partial charge in [-0.25, -0.2) is 4.79 Å². The fraction of sp³-hybridized carbons (Fsp3) is 0.455. The Hall–Kier alpha value is -1.40. The van der Waals surface area contributed by atoms with Crippen molar-refractivity contribution >= 4 is 28.9 Å². The molecule has 0 unspecified atom stereocenters. The standard InChI is InChI=1S/C11H13NO4S/c1-15-11(14)9-7(4-6-17-9)12-10(13)8-3-2-5-16-8/h4,6,8H,2-3,5H2,1H3,(H,12,13)/t8-/m0/s1. The number of amides is 1. The van der Waals surface area contributed by atoms with E-state index in [0.717, 1.165) is 12.8 Å². The molecule has 0 bridgehead atoms. The third kappa shape index (κ3) is 2.65. The minimum atomic E-state index is -0.442. The fourth-order valence-corrected chi connectivity index (χ4v) is 2.42. The van der Waals surface area contributed by atoms with Crippen LogP contribution in [0.3, 0.4) is 0 Å². The second-order valence-electron chi connectivity index (χ2n) is 3.65. The van der Waals surface area contributed by atoms with Crippen molar-refractivity contribution in [1.82, 2.24) is 0 Å². The third-order valence-electron chi connectivity index (χ3n) is 2.52. The molecule has 6 heteroatoms. The van der Waals surface area contributed by atoms with Gasteiger partial charge in [0.05, 0.1) is 12.8 Å². The molecule has 2 heterocycles. The highest BCUT2D eigenvalue weighted by atomic mass is 32.1. The Morgan fingerprint density at radius 3 is 3.06 bits per heavy atom. The lowest BCUT2D eigenvalue weighted by Crippen LogP contribution is -2.27. The Morgan fingerprint density at radius 1 is 1.59 bits per heavy atom. The molecule has 0 spiro atoms. The third-order valence-corrected chi connectivity index (χ3v) is 3.41. The van der Waals surface area contributed by atoms with E-state index in [4.69, 9.17) is 4.74 Å². The topological polar surface area (TPSA) is 64.6 Å². The molecule has 1 aliphatic heterocycles.